The van der Waals surface area contributed by atoms with Crippen LogP contribution in [0.4, 0.5) is 5.95 Å². The Balaban J connectivity index is 1.29. The average Bonchev–Trinajstić information content (AvgIpc) is 3.45. The quantitative estimate of drug-likeness (QED) is 0.682. The number of hydrogen-bond acceptors (Lipinski definition) is 6. The van der Waals surface area contributed by atoms with Crippen molar-refractivity contribution in [2.24, 2.45) is 23.7 Å². The van der Waals surface area contributed by atoms with E-state index in [1.807, 2.05) is 0 Å². The van der Waals surface area contributed by atoms with E-state index in [2.05, 4.69) is 9.97 Å². The standard InChI is InChI=1S/C21H29N5O2/c27-19-17-15-4-5-16(14-15)18(17)20(28)26(19)9-2-1-8-24-10-12-25(13-11-24)21-22-6-3-7-23-21/h3,6-7,15-18H,1-2,4-5,8-14H2/t15-,16+,17-,18+/i1D2,2D2,3D,4D,5D,8D2/t4?,5?,15-,16+,17-,18+. The van der Waals surface area contributed by atoms with E-state index in [1.54, 1.807) is 4.90 Å². The molecule has 0 N–H and O–H groups in total. The van der Waals surface area contributed by atoms with Gasteiger partial charge in [-0.2, -0.15) is 0 Å². The van der Waals surface area contributed by atoms with Crippen LogP contribution in [0.2, 0.25) is 0 Å². The van der Waals surface area contributed by atoms with Crippen molar-refractivity contribution in [3.63, 3.8) is 0 Å². The molecule has 0 spiro atoms. The van der Waals surface area contributed by atoms with Gasteiger partial charge in [-0.15, -0.1) is 0 Å². The number of aromatic nitrogens is 2. The Labute approximate surface area is 178 Å². The van der Waals surface area contributed by atoms with Gasteiger partial charge < -0.3 is 4.90 Å². The third-order valence-electron chi connectivity index (χ3n) is 6.17. The monoisotopic (exact) mass is 392 g/mol. The second-order valence-corrected chi connectivity index (χ2v) is 7.63. The maximum Gasteiger partial charge on any atom is 0.233 e. The lowest BCUT2D eigenvalue weighted by atomic mass is 9.81. The maximum absolute atomic E-state index is 13.1. The van der Waals surface area contributed by atoms with E-state index in [4.69, 9.17) is 12.3 Å². The minimum atomic E-state index is -3.10. The van der Waals surface area contributed by atoms with Crippen LogP contribution in [0.1, 0.15) is 44.3 Å². The van der Waals surface area contributed by atoms with E-state index in [-0.39, 0.29) is 32.2 Å². The molecule has 3 heterocycles. The number of imide groups is 1. The van der Waals surface area contributed by atoms with Crippen LogP contribution < -0.4 is 4.90 Å². The number of carbonyl (C=O) groups is 2. The van der Waals surface area contributed by atoms with Gasteiger partial charge in [0.1, 0.15) is 0 Å². The Morgan fingerprint density at radius 2 is 1.68 bits per heavy atom. The van der Waals surface area contributed by atoms with Gasteiger partial charge in [0, 0.05) is 56.1 Å². The molecule has 6 atom stereocenters. The summed E-state index contributed by atoms with van der Waals surface area (Å²) in [5, 5.41) is 0. The van der Waals surface area contributed by atoms with Gasteiger partial charge in [0.2, 0.25) is 17.8 Å². The van der Waals surface area contributed by atoms with Gasteiger partial charge in [-0.1, -0.05) is 0 Å². The molecule has 7 nitrogen and oxygen atoms in total. The van der Waals surface area contributed by atoms with Crippen LogP contribution in [0.5, 0.6) is 0 Å². The highest BCUT2D eigenvalue weighted by atomic mass is 16.2. The summed E-state index contributed by atoms with van der Waals surface area (Å²) < 4.78 is 75.0. The number of amides is 2. The van der Waals surface area contributed by atoms with Crippen LogP contribution in [0, 0.1) is 23.7 Å². The van der Waals surface area contributed by atoms with Crippen LogP contribution in [0.3, 0.4) is 0 Å². The van der Waals surface area contributed by atoms with E-state index in [9.17, 15) is 9.59 Å². The topological polar surface area (TPSA) is 69.6 Å². The van der Waals surface area contributed by atoms with Crippen molar-refractivity contribution in [3.8, 4) is 0 Å². The van der Waals surface area contributed by atoms with Crippen LogP contribution >= 0.6 is 0 Å². The molecule has 4 aliphatic rings. The molecular weight excluding hydrogens is 354 g/mol. The molecule has 2 aliphatic heterocycles. The van der Waals surface area contributed by atoms with Gasteiger partial charge in [-0.25, -0.2) is 9.97 Å². The zero-order chi connectivity index (χ0) is 27.1. The number of carbonyl (C=O) groups excluding carboxylic acids is 2. The molecule has 28 heavy (non-hydrogen) atoms. The van der Waals surface area contributed by atoms with Crippen LogP contribution in [0.25, 0.3) is 0 Å². The minimum Gasteiger partial charge on any atom is -0.338 e. The number of anilines is 1. The zero-order valence-electron chi connectivity index (χ0n) is 24.4. The summed E-state index contributed by atoms with van der Waals surface area (Å²) in [6, 6.07) is 0.152. The highest BCUT2D eigenvalue weighted by Gasteiger charge is 2.60. The third kappa shape index (κ3) is 3.09. The number of likely N-dealkylation sites (tertiary alicyclic amines) is 1. The first-order chi connectivity index (χ1) is 17.2. The lowest BCUT2D eigenvalue weighted by molar-refractivity contribution is -0.140. The Morgan fingerprint density at radius 1 is 1.04 bits per heavy atom. The fourth-order valence-corrected chi connectivity index (χ4v) is 4.80. The number of rotatable bonds is 6. The van der Waals surface area contributed by atoms with Gasteiger partial charge in [0.05, 0.1) is 13.2 Å². The first kappa shape index (κ1) is 10.7. The number of nitrogens with zero attached hydrogens (tertiary/aromatic N) is 5. The SMILES string of the molecule is [2H]c1cnc(N2CCN(C([2H])([2H])C([2H])([2H])C([2H])([2H])CN3C(=O)[C@@H]4[C@H](C3=O)[C@H]3C[C@@H]4C([2H])C3[2H])CC2)nc1. The number of fused-ring (bicyclic) bond motifs is 5. The summed E-state index contributed by atoms with van der Waals surface area (Å²) in [4.78, 5) is 38.1. The van der Waals surface area contributed by atoms with Crippen molar-refractivity contribution in [2.75, 3.05) is 44.1 Å². The first-order valence-corrected chi connectivity index (χ1v) is 9.67. The summed E-state index contributed by atoms with van der Waals surface area (Å²) in [5.74, 6) is -3.35. The molecule has 2 bridgehead atoms. The van der Waals surface area contributed by atoms with Crippen molar-refractivity contribution in [2.45, 2.75) is 32.0 Å². The lowest BCUT2D eigenvalue weighted by Crippen LogP contribution is -2.47. The van der Waals surface area contributed by atoms with Crippen molar-refractivity contribution in [3.05, 3.63) is 18.4 Å². The smallest absolute Gasteiger partial charge is 0.233 e. The highest BCUT2D eigenvalue weighted by molar-refractivity contribution is 6.06. The number of hydrogen-bond donors (Lipinski definition) is 0. The predicted molar refractivity (Wildman–Crippen MR) is 104 cm³/mol. The summed E-state index contributed by atoms with van der Waals surface area (Å²) in [7, 11) is 0. The minimum absolute atomic E-state index is 0.0550. The number of piperazine rings is 1. The molecule has 2 saturated carbocycles. The third-order valence-corrected chi connectivity index (χ3v) is 6.17. The van der Waals surface area contributed by atoms with E-state index in [1.165, 1.54) is 17.3 Å². The molecule has 4 fully saturated rings. The lowest BCUT2D eigenvalue weighted by Gasteiger charge is -2.34. The second kappa shape index (κ2) is 7.43. The van der Waals surface area contributed by atoms with Crippen LogP contribution in [0.15, 0.2) is 18.4 Å². The Kier molecular flexibility index (Phi) is 2.83. The fraction of sp³-hybridized carbons (Fsp3) is 0.714. The predicted octanol–water partition coefficient (Wildman–Crippen LogP) is 1.41. The van der Waals surface area contributed by atoms with Crippen LogP contribution in [-0.2, 0) is 9.59 Å². The largest absolute Gasteiger partial charge is 0.338 e. The molecule has 7 heteroatoms. The summed E-state index contributed by atoms with van der Waals surface area (Å²) >= 11 is 0. The van der Waals surface area contributed by atoms with Gasteiger partial charge in [-0.05, 0) is 56.3 Å². The van der Waals surface area contributed by atoms with Gasteiger partial charge in [0.15, 0.2) is 0 Å². The molecular formula is C21H29N5O2. The van der Waals surface area contributed by atoms with Crippen molar-refractivity contribution in [1.29, 1.82) is 0 Å². The van der Waals surface area contributed by atoms with Gasteiger partial charge in [0.25, 0.3) is 0 Å². The Bertz CT molecular complexity index is 1050. The molecule has 1 aromatic rings. The van der Waals surface area contributed by atoms with Gasteiger partial charge in [-0.3, -0.25) is 19.4 Å². The van der Waals surface area contributed by atoms with Crippen molar-refractivity contribution in [1.82, 2.24) is 19.8 Å². The van der Waals surface area contributed by atoms with E-state index < -0.39 is 74.1 Å². The molecule has 0 aromatic carbocycles. The van der Waals surface area contributed by atoms with E-state index in [0.717, 1.165) is 0 Å². The zero-order valence-corrected chi connectivity index (χ0v) is 15.4. The van der Waals surface area contributed by atoms with E-state index in [0.29, 0.717) is 17.3 Å². The molecule has 2 amide bonds. The summed E-state index contributed by atoms with van der Waals surface area (Å²) in [6.45, 7) is -3.07. The molecule has 1 aromatic heterocycles. The Morgan fingerprint density at radius 3 is 2.32 bits per heavy atom. The Hall–Kier alpha value is -2.02. The summed E-state index contributed by atoms with van der Waals surface area (Å²) in [5.41, 5.74) is 0. The van der Waals surface area contributed by atoms with Gasteiger partial charge >= 0.3 is 0 Å². The second-order valence-electron chi connectivity index (χ2n) is 7.63. The van der Waals surface area contributed by atoms with Crippen molar-refractivity contribution >= 4 is 17.8 Å². The molecule has 2 unspecified atom stereocenters. The first-order valence-electron chi connectivity index (χ1n) is 14.3. The van der Waals surface area contributed by atoms with Crippen molar-refractivity contribution < 1.29 is 21.9 Å². The molecule has 0 radical (unpaired) electrons. The molecule has 5 rings (SSSR count). The highest BCUT2D eigenvalue weighted by Crippen LogP contribution is 2.56. The molecule has 150 valence electrons. The molecule has 2 saturated heterocycles. The molecule has 2 aliphatic carbocycles. The normalized spacial score (nSPS) is 43.9. The fourth-order valence-electron chi connectivity index (χ4n) is 4.80. The van der Waals surface area contributed by atoms with E-state index >= 15 is 0 Å². The maximum atomic E-state index is 13.1. The summed E-state index contributed by atoms with van der Waals surface area (Å²) in [6.07, 6.45) is -4.44. The van der Waals surface area contributed by atoms with Crippen LogP contribution in [-0.4, -0.2) is 70.8 Å². The average molecular weight is 393 g/mol.